The van der Waals surface area contributed by atoms with Crippen LogP contribution in [0.1, 0.15) is 0 Å². The van der Waals surface area contributed by atoms with Crippen molar-refractivity contribution >= 4 is 91.9 Å². The predicted molar refractivity (Wildman–Crippen MR) is 254 cm³/mol. The van der Waals surface area contributed by atoms with Crippen molar-refractivity contribution in [2.75, 3.05) is 4.90 Å². The van der Waals surface area contributed by atoms with Gasteiger partial charge in [-0.25, -0.2) is 0 Å². The fraction of sp³-hybridized carbons (Fsp3) is 0. The zero-order valence-electron chi connectivity index (χ0n) is 32.1. The molecular weight excluding hydrogens is 733 g/mol. The van der Waals surface area contributed by atoms with Gasteiger partial charge in [0.1, 0.15) is 0 Å². The zero-order valence-corrected chi connectivity index (χ0v) is 32.9. The van der Waals surface area contributed by atoms with E-state index in [1.807, 2.05) is 11.3 Å². The standard InChI is InChI=1S/C56H36N2S/c1-2-14-39(15-3-1)56-46(21-12-23-52(56)58-51-22-10-8-19-47(51)50-34-41-17-6-7-18-42(41)35-53(50)58)38-26-28-43(29-27-38)57(44-30-25-37-13-4-5-16-40(37)33-44)45-31-32-49-48-20-9-11-24-54(48)59-55(49)36-45/h1-36H. The lowest BCUT2D eigenvalue weighted by atomic mass is 9.92. The third kappa shape index (κ3) is 5.55. The number of benzene rings is 10. The van der Waals surface area contributed by atoms with Crippen molar-refractivity contribution < 1.29 is 0 Å². The summed E-state index contributed by atoms with van der Waals surface area (Å²) in [7, 11) is 0. The summed E-state index contributed by atoms with van der Waals surface area (Å²) in [5.74, 6) is 0. The van der Waals surface area contributed by atoms with Crippen LogP contribution in [0, 0.1) is 0 Å². The molecule has 0 fully saturated rings. The van der Waals surface area contributed by atoms with Gasteiger partial charge in [0, 0.05) is 53.6 Å². The van der Waals surface area contributed by atoms with Crippen LogP contribution in [0.2, 0.25) is 0 Å². The first kappa shape index (κ1) is 33.7. The molecule has 0 N–H and O–H groups in total. The Morgan fingerprint density at radius 1 is 0.339 bits per heavy atom. The number of hydrogen-bond acceptors (Lipinski definition) is 2. The van der Waals surface area contributed by atoms with Crippen molar-refractivity contribution in [2.45, 2.75) is 0 Å². The number of hydrogen-bond donors (Lipinski definition) is 0. The number of thiophene rings is 1. The summed E-state index contributed by atoms with van der Waals surface area (Å²) in [6.45, 7) is 0. The van der Waals surface area contributed by atoms with Crippen LogP contribution in [0.4, 0.5) is 17.1 Å². The number of nitrogens with zero attached hydrogens (tertiary/aromatic N) is 2. The van der Waals surface area contributed by atoms with Gasteiger partial charge < -0.3 is 9.47 Å². The Morgan fingerprint density at radius 2 is 0.966 bits per heavy atom. The van der Waals surface area contributed by atoms with Crippen LogP contribution in [0.5, 0.6) is 0 Å². The van der Waals surface area contributed by atoms with Gasteiger partial charge in [0.25, 0.3) is 0 Å². The van der Waals surface area contributed by atoms with Crippen molar-refractivity contribution in [3.05, 3.63) is 218 Å². The van der Waals surface area contributed by atoms with E-state index in [1.165, 1.54) is 85.8 Å². The molecule has 2 aromatic heterocycles. The smallest absolute Gasteiger partial charge is 0.0547 e. The van der Waals surface area contributed by atoms with Gasteiger partial charge in [-0.05, 0) is 105 Å². The van der Waals surface area contributed by atoms with Crippen LogP contribution in [-0.2, 0) is 0 Å². The van der Waals surface area contributed by atoms with Crippen LogP contribution >= 0.6 is 11.3 Å². The molecule has 0 aliphatic heterocycles. The molecule has 0 unspecified atom stereocenters. The molecular formula is C56H36N2S. The summed E-state index contributed by atoms with van der Waals surface area (Å²) in [4.78, 5) is 2.40. The average molecular weight is 769 g/mol. The molecule has 0 radical (unpaired) electrons. The maximum atomic E-state index is 2.48. The molecule has 0 saturated carbocycles. The second kappa shape index (κ2) is 13.6. The molecule has 0 saturated heterocycles. The second-order valence-electron chi connectivity index (χ2n) is 15.3. The topological polar surface area (TPSA) is 8.17 Å². The van der Waals surface area contributed by atoms with E-state index < -0.39 is 0 Å². The zero-order chi connectivity index (χ0) is 38.9. The number of aromatic nitrogens is 1. The Hall–Kier alpha value is -7.46. The first-order valence-electron chi connectivity index (χ1n) is 20.2. The fourth-order valence-electron chi connectivity index (χ4n) is 9.20. The van der Waals surface area contributed by atoms with Crippen molar-refractivity contribution in [1.29, 1.82) is 0 Å². The molecule has 2 heterocycles. The SMILES string of the molecule is c1ccc(-c2c(-c3ccc(N(c4ccc5ccccc5c4)c4ccc5c(c4)sc4ccccc45)cc3)cccc2-n2c3ccccc3c3cc4ccccc4cc32)cc1. The fourth-order valence-corrected chi connectivity index (χ4v) is 10.3. The van der Waals surface area contributed by atoms with Crippen molar-refractivity contribution in [3.63, 3.8) is 0 Å². The van der Waals surface area contributed by atoms with Crippen LogP contribution in [0.25, 0.3) is 91.5 Å². The Labute approximate surface area is 346 Å². The van der Waals surface area contributed by atoms with E-state index in [9.17, 15) is 0 Å². The van der Waals surface area contributed by atoms with Crippen LogP contribution in [0.15, 0.2) is 218 Å². The van der Waals surface area contributed by atoms with Gasteiger partial charge in [0.05, 0.1) is 16.7 Å². The third-order valence-electron chi connectivity index (χ3n) is 11.9. The average Bonchev–Trinajstić information content (AvgIpc) is 3.83. The predicted octanol–water partition coefficient (Wildman–Crippen LogP) is 16.3. The molecule has 276 valence electrons. The van der Waals surface area contributed by atoms with Crippen LogP contribution < -0.4 is 4.90 Å². The summed E-state index contributed by atoms with van der Waals surface area (Å²) in [6, 6.07) is 80.1. The molecule has 0 aliphatic rings. The highest BCUT2D eigenvalue weighted by Gasteiger charge is 2.21. The molecule has 0 bridgehead atoms. The normalized spacial score (nSPS) is 11.7. The van der Waals surface area contributed by atoms with Gasteiger partial charge in [-0.1, -0.05) is 152 Å². The number of fused-ring (bicyclic) bond motifs is 8. The summed E-state index contributed by atoms with van der Waals surface area (Å²) in [6.07, 6.45) is 0. The van der Waals surface area contributed by atoms with Crippen molar-refractivity contribution in [1.82, 2.24) is 4.57 Å². The van der Waals surface area contributed by atoms with Crippen LogP contribution in [0.3, 0.4) is 0 Å². The minimum Gasteiger partial charge on any atom is -0.310 e. The number of para-hydroxylation sites is 1. The van der Waals surface area contributed by atoms with E-state index in [1.54, 1.807) is 0 Å². The Balaban J connectivity index is 1.04. The number of anilines is 3. The summed E-state index contributed by atoms with van der Waals surface area (Å²) >= 11 is 1.86. The molecule has 0 atom stereocenters. The summed E-state index contributed by atoms with van der Waals surface area (Å²) in [5, 5.41) is 10.1. The highest BCUT2D eigenvalue weighted by atomic mass is 32.1. The molecule has 0 aliphatic carbocycles. The van der Waals surface area contributed by atoms with E-state index in [2.05, 4.69) is 228 Å². The molecule has 0 spiro atoms. The molecule has 0 amide bonds. The summed E-state index contributed by atoms with van der Waals surface area (Å²) < 4.78 is 5.07. The van der Waals surface area contributed by atoms with Crippen LogP contribution in [-0.4, -0.2) is 4.57 Å². The van der Waals surface area contributed by atoms with Gasteiger partial charge in [0.15, 0.2) is 0 Å². The van der Waals surface area contributed by atoms with Gasteiger partial charge in [0.2, 0.25) is 0 Å². The van der Waals surface area contributed by atoms with E-state index in [4.69, 9.17) is 0 Å². The van der Waals surface area contributed by atoms with Crippen molar-refractivity contribution in [3.8, 4) is 27.9 Å². The maximum absolute atomic E-state index is 2.48. The monoisotopic (exact) mass is 768 g/mol. The van der Waals surface area contributed by atoms with E-state index >= 15 is 0 Å². The largest absolute Gasteiger partial charge is 0.310 e. The third-order valence-corrected chi connectivity index (χ3v) is 13.1. The number of rotatable bonds is 6. The molecule has 2 nitrogen and oxygen atoms in total. The molecule has 12 aromatic rings. The quantitative estimate of drug-likeness (QED) is 0.164. The molecule has 59 heavy (non-hydrogen) atoms. The lowest BCUT2D eigenvalue weighted by molar-refractivity contribution is 1.18. The van der Waals surface area contributed by atoms with Gasteiger partial charge in [-0.3, -0.25) is 0 Å². The highest BCUT2D eigenvalue weighted by molar-refractivity contribution is 7.25. The molecule has 10 aromatic carbocycles. The minimum atomic E-state index is 1.11. The Morgan fingerprint density at radius 3 is 1.80 bits per heavy atom. The Bertz CT molecular complexity index is 3560. The second-order valence-corrected chi connectivity index (χ2v) is 16.4. The van der Waals surface area contributed by atoms with Gasteiger partial charge >= 0.3 is 0 Å². The van der Waals surface area contributed by atoms with Gasteiger partial charge in [-0.15, -0.1) is 11.3 Å². The molecule has 12 rings (SSSR count). The van der Waals surface area contributed by atoms with E-state index in [0.29, 0.717) is 0 Å². The van der Waals surface area contributed by atoms with E-state index in [-0.39, 0.29) is 0 Å². The first-order chi connectivity index (χ1) is 29.2. The lowest BCUT2D eigenvalue weighted by Crippen LogP contribution is -2.09. The van der Waals surface area contributed by atoms with Gasteiger partial charge in [-0.2, -0.15) is 0 Å². The Kier molecular flexibility index (Phi) is 7.75. The lowest BCUT2D eigenvalue weighted by Gasteiger charge is -2.26. The maximum Gasteiger partial charge on any atom is 0.0547 e. The summed E-state index contributed by atoms with van der Waals surface area (Å²) in [5.41, 5.74) is 11.7. The molecule has 3 heteroatoms. The minimum absolute atomic E-state index is 1.11. The highest BCUT2D eigenvalue weighted by Crippen LogP contribution is 2.45. The first-order valence-corrected chi connectivity index (χ1v) is 21.0. The van der Waals surface area contributed by atoms with E-state index in [0.717, 1.165) is 22.7 Å². The van der Waals surface area contributed by atoms with Crippen molar-refractivity contribution in [2.24, 2.45) is 0 Å².